The SMILES string of the molecule is CC.CC(C)C(CC(F)(F)F)SSC(C)(C)C. The fraction of sp³-hybridized carbons (Fsp3) is 1.00. The van der Waals surface area contributed by atoms with Crippen LogP contribution < -0.4 is 0 Å². The van der Waals surface area contributed by atoms with E-state index in [0.717, 1.165) is 0 Å². The van der Waals surface area contributed by atoms with Gasteiger partial charge in [0.15, 0.2) is 0 Å². The molecule has 0 fully saturated rings. The zero-order chi connectivity index (χ0) is 14.3. The minimum Gasteiger partial charge on any atom is -0.171 e. The Morgan fingerprint density at radius 3 is 1.65 bits per heavy atom. The molecule has 0 rings (SSSR count). The molecule has 0 aromatic heterocycles. The molecular formula is C12H25F3S2. The van der Waals surface area contributed by atoms with Crippen molar-refractivity contribution in [1.29, 1.82) is 0 Å². The Morgan fingerprint density at radius 1 is 1.00 bits per heavy atom. The summed E-state index contributed by atoms with van der Waals surface area (Å²) in [5.74, 6) is 0.0477. The van der Waals surface area contributed by atoms with Gasteiger partial charge in [-0.15, -0.1) is 0 Å². The van der Waals surface area contributed by atoms with Crippen LogP contribution in [0.4, 0.5) is 13.2 Å². The van der Waals surface area contributed by atoms with Crippen LogP contribution >= 0.6 is 21.6 Å². The largest absolute Gasteiger partial charge is 0.390 e. The van der Waals surface area contributed by atoms with Gasteiger partial charge in [0.05, 0.1) is 6.42 Å². The number of hydrogen-bond donors (Lipinski definition) is 0. The van der Waals surface area contributed by atoms with Crippen LogP contribution in [-0.4, -0.2) is 16.2 Å². The van der Waals surface area contributed by atoms with Gasteiger partial charge >= 0.3 is 6.18 Å². The van der Waals surface area contributed by atoms with Gasteiger partial charge in [0.25, 0.3) is 0 Å². The van der Waals surface area contributed by atoms with Gasteiger partial charge in [-0.2, -0.15) is 13.2 Å². The van der Waals surface area contributed by atoms with E-state index in [0.29, 0.717) is 0 Å². The zero-order valence-corrected chi connectivity index (χ0v) is 13.4. The molecule has 0 heterocycles. The van der Waals surface area contributed by atoms with Crippen LogP contribution in [-0.2, 0) is 0 Å². The van der Waals surface area contributed by atoms with Crippen LogP contribution in [0.25, 0.3) is 0 Å². The van der Waals surface area contributed by atoms with Gasteiger partial charge in [0, 0.05) is 10.00 Å². The standard InChI is InChI=1S/C10H19F3S2.C2H6/c1-7(2)8(6-10(11,12)13)14-15-9(3,4)5;1-2/h7-8H,6H2,1-5H3;1-2H3. The number of halogens is 3. The minimum absolute atomic E-state index is 0.00338. The van der Waals surface area contributed by atoms with Crippen LogP contribution in [0.3, 0.4) is 0 Å². The predicted molar refractivity (Wildman–Crippen MR) is 75.6 cm³/mol. The highest BCUT2D eigenvalue weighted by atomic mass is 33.1. The van der Waals surface area contributed by atoms with E-state index >= 15 is 0 Å². The van der Waals surface area contributed by atoms with Crippen molar-refractivity contribution in [3.63, 3.8) is 0 Å². The summed E-state index contributed by atoms with van der Waals surface area (Å²) < 4.78 is 36.8. The minimum atomic E-state index is -4.06. The Balaban J connectivity index is 0. The first-order chi connectivity index (χ1) is 7.51. The van der Waals surface area contributed by atoms with Gasteiger partial charge < -0.3 is 0 Å². The van der Waals surface area contributed by atoms with Gasteiger partial charge in [-0.25, -0.2) is 0 Å². The van der Waals surface area contributed by atoms with Gasteiger partial charge in [0.2, 0.25) is 0 Å². The molecule has 0 radical (unpaired) electrons. The summed E-state index contributed by atoms with van der Waals surface area (Å²) in [4.78, 5) is 0. The Labute approximate surface area is 112 Å². The molecule has 1 atom stereocenters. The molecule has 17 heavy (non-hydrogen) atoms. The van der Waals surface area contributed by atoms with E-state index in [1.807, 2.05) is 48.5 Å². The average Bonchev–Trinajstić information content (AvgIpc) is 2.12. The van der Waals surface area contributed by atoms with Crippen LogP contribution in [0.2, 0.25) is 0 Å². The second-order valence-electron chi connectivity index (χ2n) is 4.89. The smallest absolute Gasteiger partial charge is 0.171 e. The van der Waals surface area contributed by atoms with Gasteiger partial charge in [-0.05, 0) is 5.92 Å². The molecular weight excluding hydrogens is 265 g/mol. The lowest BCUT2D eigenvalue weighted by atomic mass is 10.1. The third-order valence-corrected chi connectivity index (χ3v) is 5.68. The Kier molecular flexibility index (Phi) is 9.99. The number of rotatable bonds is 4. The second kappa shape index (κ2) is 8.57. The van der Waals surface area contributed by atoms with Gasteiger partial charge in [0.1, 0.15) is 0 Å². The van der Waals surface area contributed by atoms with E-state index in [9.17, 15) is 13.2 Å². The average molecular weight is 290 g/mol. The highest BCUT2D eigenvalue weighted by Gasteiger charge is 2.34. The maximum absolute atomic E-state index is 12.3. The fourth-order valence-corrected chi connectivity index (χ4v) is 3.81. The monoisotopic (exact) mass is 290 g/mol. The van der Waals surface area contributed by atoms with Gasteiger partial charge in [-0.1, -0.05) is 70.1 Å². The normalized spacial score (nSPS) is 14.3. The molecule has 1 unspecified atom stereocenters. The molecule has 0 N–H and O–H groups in total. The molecule has 0 spiro atoms. The summed E-state index contributed by atoms with van der Waals surface area (Å²) in [7, 11) is 2.89. The lowest BCUT2D eigenvalue weighted by Gasteiger charge is -2.25. The lowest BCUT2D eigenvalue weighted by Crippen LogP contribution is -2.21. The molecule has 5 heteroatoms. The molecule has 0 nitrogen and oxygen atoms in total. The summed E-state index contributed by atoms with van der Waals surface area (Å²) in [6.07, 6.45) is -4.75. The van der Waals surface area contributed by atoms with E-state index in [-0.39, 0.29) is 15.9 Å². The molecule has 0 aliphatic rings. The van der Waals surface area contributed by atoms with Crippen molar-refractivity contribution in [1.82, 2.24) is 0 Å². The maximum Gasteiger partial charge on any atom is 0.390 e. The molecule has 106 valence electrons. The summed E-state index contributed by atoms with van der Waals surface area (Å²) in [6.45, 7) is 13.7. The van der Waals surface area contributed by atoms with Crippen LogP contribution in [0, 0.1) is 5.92 Å². The molecule has 0 bridgehead atoms. The first kappa shape index (κ1) is 19.8. The van der Waals surface area contributed by atoms with Crippen molar-refractivity contribution in [2.75, 3.05) is 0 Å². The van der Waals surface area contributed by atoms with Crippen molar-refractivity contribution in [2.24, 2.45) is 5.92 Å². The summed E-state index contributed by atoms with van der Waals surface area (Å²) in [5, 5.41) is -0.353. The van der Waals surface area contributed by atoms with Crippen LogP contribution in [0.5, 0.6) is 0 Å². The quantitative estimate of drug-likeness (QED) is 0.568. The topological polar surface area (TPSA) is 0 Å². The molecule has 0 saturated carbocycles. The van der Waals surface area contributed by atoms with Crippen molar-refractivity contribution in [3.8, 4) is 0 Å². The molecule has 0 amide bonds. The van der Waals surface area contributed by atoms with E-state index in [1.165, 1.54) is 21.6 Å². The summed E-state index contributed by atoms with van der Waals surface area (Å²) >= 11 is 0. The van der Waals surface area contributed by atoms with E-state index in [2.05, 4.69) is 0 Å². The first-order valence-electron chi connectivity index (χ1n) is 5.92. The van der Waals surface area contributed by atoms with Crippen molar-refractivity contribution in [3.05, 3.63) is 0 Å². The fourth-order valence-electron chi connectivity index (χ4n) is 0.815. The van der Waals surface area contributed by atoms with Crippen molar-refractivity contribution in [2.45, 2.75) is 71.1 Å². The maximum atomic E-state index is 12.3. The highest BCUT2D eigenvalue weighted by Crippen LogP contribution is 2.43. The van der Waals surface area contributed by atoms with E-state index in [1.54, 1.807) is 0 Å². The van der Waals surface area contributed by atoms with E-state index in [4.69, 9.17) is 0 Å². The van der Waals surface area contributed by atoms with Crippen molar-refractivity contribution < 1.29 is 13.2 Å². The highest BCUT2D eigenvalue weighted by molar-refractivity contribution is 8.77. The molecule has 0 aliphatic heterocycles. The molecule has 0 aliphatic carbocycles. The molecule has 0 saturated heterocycles. The lowest BCUT2D eigenvalue weighted by molar-refractivity contribution is -0.135. The Hall–Kier alpha value is 0.490. The van der Waals surface area contributed by atoms with Gasteiger partial charge in [-0.3, -0.25) is 0 Å². The Morgan fingerprint density at radius 2 is 1.41 bits per heavy atom. The molecule has 0 aromatic carbocycles. The van der Waals surface area contributed by atoms with Crippen molar-refractivity contribution >= 4 is 21.6 Å². The zero-order valence-electron chi connectivity index (χ0n) is 11.8. The summed E-state index contributed by atoms with van der Waals surface area (Å²) in [6, 6.07) is 0. The van der Waals surface area contributed by atoms with E-state index < -0.39 is 12.6 Å². The first-order valence-corrected chi connectivity index (χ1v) is 8.14. The summed E-state index contributed by atoms with van der Waals surface area (Å²) in [5.41, 5.74) is 0. The van der Waals surface area contributed by atoms with Crippen LogP contribution in [0.1, 0.15) is 54.9 Å². The number of alkyl halides is 3. The molecule has 0 aromatic rings. The van der Waals surface area contributed by atoms with Crippen LogP contribution in [0.15, 0.2) is 0 Å². The third kappa shape index (κ3) is 14.4. The predicted octanol–water partition coefficient (Wildman–Crippen LogP) is 6.17. The second-order valence-corrected chi connectivity index (χ2v) is 8.16. The number of hydrogen-bond acceptors (Lipinski definition) is 2. The third-order valence-electron chi connectivity index (χ3n) is 1.60. The Bertz CT molecular complexity index is 183.